The highest BCUT2D eigenvalue weighted by Gasteiger charge is 2.34. The Bertz CT molecular complexity index is 951. The molecule has 0 spiro atoms. The number of rotatable bonds is 5. The molecule has 9 nitrogen and oxygen atoms in total. The third-order valence-corrected chi connectivity index (χ3v) is 4.60. The highest BCUT2D eigenvalue weighted by molar-refractivity contribution is 8.18. The minimum absolute atomic E-state index is 0.0283. The Morgan fingerprint density at radius 1 is 1.37 bits per heavy atom. The minimum atomic E-state index is -0.721. The number of thioether (sulfide) groups is 1. The second-order valence-electron chi connectivity index (χ2n) is 5.37. The number of nitrogens with two attached hydrogens (primary N) is 1. The molecule has 2 aromatic rings. The monoisotopic (exact) mass is 385 g/mol. The quantitative estimate of drug-likeness (QED) is 0.590. The average Bonchev–Trinajstić information content (AvgIpc) is 3.23. The molecule has 27 heavy (non-hydrogen) atoms. The molecule has 1 fully saturated rings. The first kappa shape index (κ1) is 18.4. The Morgan fingerprint density at radius 3 is 2.78 bits per heavy atom. The van der Waals surface area contributed by atoms with Gasteiger partial charge in [0.15, 0.2) is 16.7 Å². The smallest absolute Gasteiger partial charge is 0.331 e. The molecule has 0 atom stereocenters. The summed E-state index contributed by atoms with van der Waals surface area (Å²) >= 11 is 0.989. The normalized spacial score (nSPS) is 16.9. The molecule has 0 unspecified atom stereocenters. The van der Waals surface area contributed by atoms with Crippen LogP contribution in [0.1, 0.15) is 16.1 Å². The van der Waals surface area contributed by atoms with Gasteiger partial charge in [0.1, 0.15) is 0 Å². The highest BCUT2D eigenvalue weighted by Crippen LogP contribution is 2.34. The molecule has 0 aliphatic carbocycles. The lowest BCUT2D eigenvalue weighted by atomic mass is 10.2. The predicted molar refractivity (Wildman–Crippen MR) is 98.9 cm³/mol. The fourth-order valence-corrected chi connectivity index (χ4v) is 3.25. The van der Waals surface area contributed by atoms with E-state index in [0.29, 0.717) is 0 Å². The number of amidine groups is 1. The number of aliphatic imine (C=N–C) groups is 1. The fraction of sp³-hybridized carbons (Fsp3) is 0.118. The Hall–Kier alpha value is -3.40. The number of aromatic nitrogens is 2. The molecule has 2 heterocycles. The minimum Gasteiger partial charge on any atom is -0.466 e. The molecule has 0 bridgehead atoms. The number of hydrogen-bond acceptors (Lipinski definition) is 7. The van der Waals surface area contributed by atoms with E-state index in [0.717, 1.165) is 23.4 Å². The SMILES string of the molecule is COC(=O)/C=C1/SC(=Nc2nc[nH]c2C(N)=O)N(Cc2ccccc2)C1=O. The zero-order valence-corrected chi connectivity index (χ0v) is 15.0. The van der Waals surface area contributed by atoms with E-state index in [4.69, 9.17) is 5.73 Å². The molecule has 10 heteroatoms. The zero-order valence-electron chi connectivity index (χ0n) is 14.2. The van der Waals surface area contributed by atoms with Crippen molar-refractivity contribution in [1.29, 1.82) is 0 Å². The summed E-state index contributed by atoms with van der Waals surface area (Å²) in [7, 11) is 1.23. The van der Waals surface area contributed by atoms with Crippen LogP contribution in [0, 0.1) is 0 Å². The van der Waals surface area contributed by atoms with Crippen LogP contribution >= 0.6 is 11.8 Å². The molecule has 1 aromatic heterocycles. The molecule has 2 amide bonds. The first-order valence-electron chi connectivity index (χ1n) is 7.74. The third kappa shape index (κ3) is 4.06. The van der Waals surface area contributed by atoms with Gasteiger partial charge in [-0.25, -0.2) is 14.8 Å². The van der Waals surface area contributed by atoms with E-state index in [2.05, 4.69) is 19.7 Å². The van der Waals surface area contributed by atoms with Gasteiger partial charge < -0.3 is 15.5 Å². The summed E-state index contributed by atoms with van der Waals surface area (Å²) in [6, 6.07) is 9.29. The number of nitrogens with one attached hydrogen (secondary N) is 1. The van der Waals surface area contributed by atoms with Gasteiger partial charge in [0.05, 0.1) is 24.9 Å². The summed E-state index contributed by atoms with van der Waals surface area (Å²) < 4.78 is 4.59. The summed E-state index contributed by atoms with van der Waals surface area (Å²) in [6.07, 6.45) is 2.39. The van der Waals surface area contributed by atoms with Crippen LogP contribution in [0.15, 0.2) is 52.6 Å². The van der Waals surface area contributed by atoms with Crippen molar-refractivity contribution in [2.45, 2.75) is 6.54 Å². The predicted octanol–water partition coefficient (Wildman–Crippen LogP) is 1.33. The van der Waals surface area contributed by atoms with E-state index in [1.807, 2.05) is 30.3 Å². The molecule has 1 saturated heterocycles. The topological polar surface area (TPSA) is 131 Å². The van der Waals surface area contributed by atoms with Gasteiger partial charge in [-0.1, -0.05) is 30.3 Å². The highest BCUT2D eigenvalue weighted by atomic mass is 32.2. The number of amides is 2. The maximum Gasteiger partial charge on any atom is 0.331 e. The maximum atomic E-state index is 12.7. The van der Waals surface area contributed by atoms with Crippen LogP contribution in [-0.2, 0) is 20.9 Å². The van der Waals surface area contributed by atoms with Crippen LogP contribution in [0.4, 0.5) is 5.82 Å². The van der Waals surface area contributed by atoms with Gasteiger partial charge >= 0.3 is 5.97 Å². The van der Waals surface area contributed by atoms with Crippen molar-refractivity contribution in [2.75, 3.05) is 7.11 Å². The summed E-state index contributed by atoms with van der Waals surface area (Å²) in [5, 5.41) is 0.272. The second kappa shape index (κ2) is 7.87. The summed E-state index contributed by atoms with van der Waals surface area (Å²) in [6.45, 7) is 0.236. The molecule has 3 rings (SSSR count). The van der Waals surface area contributed by atoms with E-state index >= 15 is 0 Å². The maximum absolute atomic E-state index is 12.7. The number of hydrogen-bond donors (Lipinski definition) is 2. The first-order valence-corrected chi connectivity index (χ1v) is 8.56. The molecule has 3 N–H and O–H groups in total. The van der Waals surface area contributed by atoms with Gasteiger partial charge in [-0.05, 0) is 17.3 Å². The van der Waals surface area contributed by atoms with Crippen molar-refractivity contribution < 1.29 is 19.1 Å². The third-order valence-electron chi connectivity index (χ3n) is 3.59. The Kier molecular flexibility index (Phi) is 5.36. The van der Waals surface area contributed by atoms with E-state index in [-0.39, 0.29) is 28.1 Å². The van der Waals surface area contributed by atoms with Gasteiger partial charge in [0.2, 0.25) is 0 Å². The number of nitrogens with zero attached hydrogens (tertiary/aromatic N) is 3. The molecule has 1 aliphatic rings. The van der Waals surface area contributed by atoms with Crippen molar-refractivity contribution >= 4 is 40.5 Å². The summed E-state index contributed by atoms with van der Waals surface area (Å²) in [5.41, 5.74) is 6.19. The molecule has 1 aromatic carbocycles. The fourth-order valence-electron chi connectivity index (χ4n) is 2.31. The van der Waals surface area contributed by atoms with Crippen LogP contribution in [-0.4, -0.2) is 44.9 Å². The van der Waals surface area contributed by atoms with Gasteiger partial charge in [0, 0.05) is 6.08 Å². The van der Waals surface area contributed by atoms with Gasteiger partial charge in [-0.2, -0.15) is 0 Å². The van der Waals surface area contributed by atoms with Crippen molar-refractivity contribution in [3.8, 4) is 0 Å². The van der Waals surface area contributed by atoms with Crippen molar-refractivity contribution in [2.24, 2.45) is 10.7 Å². The Labute approximate surface area is 158 Å². The zero-order chi connectivity index (χ0) is 19.4. The standard InChI is InChI=1S/C17H15N5O4S/c1-26-12(23)7-11-16(25)22(8-10-5-3-2-4-6-10)17(27-11)21-15-13(14(18)24)19-9-20-15/h2-7,9H,8H2,1H3,(H2,18,24)(H,19,20)/b11-7+,21-17?. The summed E-state index contributed by atoms with van der Waals surface area (Å²) in [5.74, 6) is -1.70. The van der Waals surface area contributed by atoms with Gasteiger partial charge in [-0.3, -0.25) is 14.5 Å². The second-order valence-corrected chi connectivity index (χ2v) is 6.38. The summed E-state index contributed by atoms with van der Waals surface area (Å²) in [4.78, 5) is 48.2. The lowest BCUT2D eigenvalue weighted by Gasteiger charge is -2.15. The first-order chi connectivity index (χ1) is 13.0. The van der Waals surface area contributed by atoms with Crippen LogP contribution < -0.4 is 5.73 Å². The number of esters is 1. The van der Waals surface area contributed by atoms with E-state index in [1.165, 1.54) is 18.3 Å². The van der Waals surface area contributed by atoms with E-state index in [1.54, 1.807) is 0 Å². The number of methoxy groups -OCH3 is 1. The molecular formula is C17H15N5O4S. The van der Waals surface area contributed by atoms with Gasteiger partial charge in [0.25, 0.3) is 11.8 Å². The number of imidazole rings is 1. The number of H-pyrrole nitrogens is 1. The van der Waals surface area contributed by atoms with Crippen molar-refractivity contribution in [3.63, 3.8) is 0 Å². The van der Waals surface area contributed by atoms with Crippen molar-refractivity contribution in [3.05, 3.63) is 58.9 Å². The molecule has 0 radical (unpaired) electrons. The lowest BCUT2D eigenvalue weighted by molar-refractivity contribution is -0.135. The van der Waals surface area contributed by atoms with E-state index < -0.39 is 17.8 Å². The number of benzene rings is 1. The molecule has 1 aliphatic heterocycles. The van der Waals surface area contributed by atoms with Crippen LogP contribution in [0.25, 0.3) is 0 Å². The molecule has 0 saturated carbocycles. The largest absolute Gasteiger partial charge is 0.466 e. The number of carbonyl (C=O) groups excluding carboxylic acids is 3. The molecule has 138 valence electrons. The van der Waals surface area contributed by atoms with Gasteiger partial charge in [-0.15, -0.1) is 0 Å². The van der Waals surface area contributed by atoms with Crippen LogP contribution in [0.2, 0.25) is 0 Å². The van der Waals surface area contributed by atoms with Crippen LogP contribution in [0.5, 0.6) is 0 Å². The molecular weight excluding hydrogens is 370 g/mol. The Morgan fingerprint density at radius 2 is 2.11 bits per heavy atom. The average molecular weight is 385 g/mol. The van der Waals surface area contributed by atoms with Crippen LogP contribution in [0.3, 0.4) is 0 Å². The van der Waals surface area contributed by atoms with E-state index in [9.17, 15) is 14.4 Å². The van der Waals surface area contributed by atoms with Crippen molar-refractivity contribution in [1.82, 2.24) is 14.9 Å². The Balaban J connectivity index is 1.99. The number of carbonyl (C=O) groups is 3. The number of primary amides is 1. The number of ether oxygens (including phenoxy) is 1. The lowest BCUT2D eigenvalue weighted by Crippen LogP contribution is -2.28. The number of aromatic amines is 1.